The van der Waals surface area contributed by atoms with Crippen LogP contribution >= 0.6 is 0 Å². The summed E-state index contributed by atoms with van der Waals surface area (Å²) in [5, 5.41) is 2.95. The van der Waals surface area contributed by atoms with Gasteiger partial charge in [-0.2, -0.15) is 13.2 Å². The molecule has 202 valence electrons. The minimum atomic E-state index is -4.66. The summed E-state index contributed by atoms with van der Waals surface area (Å²) in [6.07, 6.45) is -2.88. The number of sulfonamides is 1. The summed E-state index contributed by atoms with van der Waals surface area (Å²) in [6.45, 7) is 3.74. The molecule has 11 heteroatoms. The van der Waals surface area contributed by atoms with Crippen LogP contribution in [0, 0.1) is 0 Å². The molecule has 0 spiro atoms. The number of rotatable bonds is 8. The van der Waals surface area contributed by atoms with Crippen LogP contribution in [0.4, 0.5) is 17.6 Å². The van der Waals surface area contributed by atoms with Crippen molar-refractivity contribution in [2.45, 2.75) is 74.9 Å². The van der Waals surface area contributed by atoms with Crippen molar-refractivity contribution >= 4 is 15.9 Å². The molecule has 37 heavy (non-hydrogen) atoms. The topological polar surface area (TPSA) is 78.5 Å². The van der Waals surface area contributed by atoms with Crippen LogP contribution < -0.4 is 10.0 Å². The van der Waals surface area contributed by atoms with Gasteiger partial charge in [-0.1, -0.05) is 24.3 Å². The Kier molecular flexibility index (Phi) is 8.25. The van der Waals surface area contributed by atoms with E-state index in [0.717, 1.165) is 67.4 Å². The smallest absolute Gasteiger partial charge is 0.349 e. The molecule has 2 N–H and O–H groups in total. The summed E-state index contributed by atoms with van der Waals surface area (Å²) in [4.78, 5) is 14.4. The number of benzene rings is 2. The Morgan fingerprint density at radius 2 is 1.84 bits per heavy atom. The lowest BCUT2D eigenvalue weighted by atomic mass is 10.0. The zero-order valence-electron chi connectivity index (χ0n) is 20.5. The van der Waals surface area contributed by atoms with Crippen LogP contribution in [0.15, 0.2) is 47.4 Å². The van der Waals surface area contributed by atoms with Crippen molar-refractivity contribution in [3.8, 4) is 0 Å². The third-order valence-electron chi connectivity index (χ3n) is 6.86. The molecular formula is C26H31F4N3O3S. The number of piperidine rings is 1. The van der Waals surface area contributed by atoms with Gasteiger partial charge < -0.3 is 5.32 Å². The standard InChI is InChI=1S/C26H31F4N3O3S/c1-17(32-37(35,36)22-4-2-3-20(15-22)26(28,29)30)13-25(34)31-24-8-6-19-14-18(5-7-23(19)24)16-33-11-9-21(27)10-12-33/h2-5,7,14-15,17,21,24,32H,6,8-13,16H2,1H3,(H,31,34)/t17-,24+/m0/s1. The lowest BCUT2D eigenvalue weighted by molar-refractivity contribution is -0.137. The van der Waals surface area contributed by atoms with Crippen LogP contribution in [0.3, 0.4) is 0 Å². The van der Waals surface area contributed by atoms with Crippen LogP contribution in [-0.4, -0.2) is 44.5 Å². The van der Waals surface area contributed by atoms with Gasteiger partial charge in [0.05, 0.1) is 16.5 Å². The van der Waals surface area contributed by atoms with E-state index >= 15 is 0 Å². The van der Waals surface area contributed by atoms with Gasteiger partial charge in [0.15, 0.2) is 0 Å². The normalized spacial score (nSPS) is 20.0. The van der Waals surface area contributed by atoms with Gasteiger partial charge in [0.25, 0.3) is 0 Å². The van der Waals surface area contributed by atoms with Crippen LogP contribution in [0.25, 0.3) is 0 Å². The quantitative estimate of drug-likeness (QED) is 0.483. The number of hydrogen-bond donors (Lipinski definition) is 2. The van der Waals surface area contributed by atoms with E-state index in [1.165, 1.54) is 6.92 Å². The monoisotopic (exact) mass is 541 g/mol. The van der Waals surface area contributed by atoms with Gasteiger partial charge in [-0.25, -0.2) is 17.5 Å². The first-order valence-electron chi connectivity index (χ1n) is 12.4. The Morgan fingerprint density at radius 1 is 1.11 bits per heavy atom. The molecule has 1 heterocycles. The van der Waals surface area contributed by atoms with Crippen LogP contribution in [0.5, 0.6) is 0 Å². The van der Waals surface area contributed by atoms with Gasteiger partial charge in [-0.15, -0.1) is 0 Å². The first-order chi connectivity index (χ1) is 17.4. The summed E-state index contributed by atoms with van der Waals surface area (Å²) in [7, 11) is -4.24. The van der Waals surface area contributed by atoms with Gasteiger partial charge in [0, 0.05) is 32.1 Å². The zero-order valence-corrected chi connectivity index (χ0v) is 21.3. The van der Waals surface area contributed by atoms with E-state index < -0.39 is 38.9 Å². The first kappa shape index (κ1) is 27.5. The Balaban J connectivity index is 1.31. The Bertz CT molecular complexity index is 1230. The molecule has 2 aromatic rings. The van der Waals surface area contributed by atoms with E-state index in [9.17, 15) is 30.8 Å². The van der Waals surface area contributed by atoms with E-state index in [2.05, 4.69) is 21.0 Å². The second-order valence-electron chi connectivity index (χ2n) is 9.89. The lowest BCUT2D eigenvalue weighted by Gasteiger charge is -2.28. The Hall–Kier alpha value is -2.50. The van der Waals surface area contributed by atoms with Crippen molar-refractivity contribution in [3.05, 3.63) is 64.7 Å². The molecule has 1 fully saturated rings. The molecule has 1 amide bonds. The molecule has 0 aromatic heterocycles. The molecule has 0 saturated carbocycles. The van der Waals surface area contributed by atoms with Gasteiger partial charge in [0.2, 0.25) is 15.9 Å². The maximum absolute atomic E-state index is 13.4. The molecule has 0 unspecified atom stereocenters. The van der Waals surface area contributed by atoms with Gasteiger partial charge in [-0.05, 0) is 67.5 Å². The summed E-state index contributed by atoms with van der Waals surface area (Å²) >= 11 is 0. The molecule has 2 atom stereocenters. The predicted octanol–water partition coefficient (Wildman–Crippen LogP) is 4.50. The van der Waals surface area contributed by atoms with Crippen molar-refractivity contribution in [1.82, 2.24) is 14.9 Å². The number of alkyl halides is 4. The number of nitrogens with one attached hydrogen (secondary N) is 2. The number of amides is 1. The van der Waals surface area contributed by atoms with E-state index in [0.29, 0.717) is 18.9 Å². The maximum Gasteiger partial charge on any atom is 0.416 e. The molecule has 0 radical (unpaired) electrons. The fourth-order valence-electron chi connectivity index (χ4n) is 4.98. The molecule has 1 saturated heterocycles. The highest BCUT2D eigenvalue weighted by molar-refractivity contribution is 7.89. The van der Waals surface area contributed by atoms with Crippen LogP contribution in [-0.2, 0) is 34.0 Å². The highest BCUT2D eigenvalue weighted by Gasteiger charge is 2.32. The summed E-state index contributed by atoms with van der Waals surface area (Å²) in [5.74, 6) is -0.352. The minimum Gasteiger partial charge on any atom is -0.349 e. The Labute approximate surface area is 214 Å². The van der Waals surface area contributed by atoms with Crippen molar-refractivity contribution in [3.63, 3.8) is 0 Å². The lowest BCUT2D eigenvalue weighted by Crippen LogP contribution is -2.38. The number of likely N-dealkylation sites (tertiary alicyclic amines) is 1. The molecule has 4 rings (SSSR count). The van der Waals surface area contributed by atoms with Crippen molar-refractivity contribution in [2.75, 3.05) is 13.1 Å². The highest BCUT2D eigenvalue weighted by atomic mass is 32.2. The molecule has 2 aliphatic rings. The number of nitrogens with zero attached hydrogens (tertiary/aromatic N) is 1. The number of carbonyl (C=O) groups is 1. The largest absolute Gasteiger partial charge is 0.416 e. The number of aryl methyl sites for hydroxylation is 1. The third-order valence-corrected chi connectivity index (χ3v) is 8.45. The molecular weight excluding hydrogens is 510 g/mol. The molecule has 0 bridgehead atoms. The first-order valence-corrected chi connectivity index (χ1v) is 13.9. The summed E-state index contributed by atoms with van der Waals surface area (Å²) in [5.41, 5.74) is 2.27. The van der Waals surface area contributed by atoms with Crippen molar-refractivity contribution < 1.29 is 30.8 Å². The van der Waals surface area contributed by atoms with E-state index in [4.69, 9.17) is 0 Å². The average molecular weight is 542 g/mol. The number of carbonyl (C=O) groups excluding carboxylic acids is 1. The SMILES string of the molecule is C[C@@H](CC(=O)N[C@@H]1CCc2cc(CN3CCC(F)CC3)ccc21)NS(=O)(=O)c1cccc(C(F)(F)F)c1. The van der Waals surface area contributed by atoms with Crippen molar-refractivity contribution in [1.29, 1.82) is 0 Å². The van der Waals surface area contributed by atoms with E-state index in [1.807, 2.05) is 12.1 Å². The molecule has 2 aromatic carbocycles. The molecule has 1 aliphatic heterocycles. The van der Waals surface area contributed by atoms with Gasteiger partial charge >= 0.3 is 6.18 Å². The highest BCUT2D eigenvalue weighted by Crippen LogP contribution is 2.33. The van der Waals surface area contributed by atoms with Crippen LogP contribution in [0.2, 0.25) is 0 Å². The molecule has 6 nitrogen and oxygen atoms in total. The summed E-state index contributed by atoms with van der Waals surface area (Å²) in [6, 6.07) is 8.63. The minimum absolute atomic E-state index is 0.160. The van der Waals surface area contributed by atoms with Crippen LogP contribution in [0.1, 0.15) is 60.9 Å². The predicted molar refractivity (Wildman–Crippen MR) is 131 cm³/mol. The summed E-state index contributed by atoms with van der Waals surface area (Å²) < 4.78 is 79.7. The average Bonchev–Trinajstić information content (AvgIpc) is 3.21. The zero-order chi connectivity index (χ0) is 26.8. The molecule has 1 aliphatic carbocycles. The number of fused-ring (bicyclic) bond motifs is 1. The van der Waals surface area contributed by atoms with E-state index in [-0.39, 0.29) is 18.4 Å². The second kappa shape index (κ2) is 11.1. The fourth-order valence-corrected chi connectivity index (χ4v) is 6.27. The van der Waals surface area contributed by atoms with Crippen molar-refractivity contribution in [2.24, 2.45) is 0 Å². The van der Waals surface area contributed by atoms with E-state index in [1.54, 1.807) is 0 Å². The number of halogens is 4. The Morgan fingerprint density at radius 3 is 2.54 bits per heavy atom. The van der Waals surface area contributed by atoms with Gasteiger partial charge in [0.1, 0.15) is 6.17 Å². The maximum atomic E-state index is 13.4. The fraction of sp³-hybridized carbons (Fsp3) is 0.500. The van der Waals surface area contributed by atoms with Gasteiger partial charge in [-0.3, -0.25) is 9.69 Å². The second-order valence-corrected chi connectivity index (χ2v) is 11.6. The third kappa shape index (κ3) is 7.08. The number of hydrogen-bond acceptors (Lipinski definition) is 4.